The van der Waals surface area contributed by atoms with Crippen molar-refractivity contribution in [2.45, 2.75) is 28.5 Å². The maximum atomic E-state index is 13.5. The van der Waals surface area contributed by atoms with Crippen molar-refractivity contribution in [3.63, 3.8) is 0 Å². The quantitative estimate of drug-likeness (QED) is 0.391. The number of likely N-dealkylation sites (N-methyl/N-ethyl adjacent to an activating group) is 1. The van der Waals surface area contributed by atoms with E-state index in [1.165, 1.54) is 33.4 Å². The number of hydrogen-bond acceptors (Lipinski definition) is 8. The zero-order chi connectivity index (χ0) is 26.3. The van der Waals surface area contributed by atoms with Crippen LogP contribution in [0.15, 0.2) is 57.3 Å². The molecule has 13 heteroatoms. The minimum Gasteiger partial charge on any atom is -0.384 e. The monoisotopic (exact) mass is 541 g/mol. The van der Waals surface area contributed by atoms with E-state index in [0.29, 0.717) is 11.8 Å². The third-order valence-corrected chi connectivity index (χ3v) is 9.21. The predicted molar refractivity (Wildman–Crippen MR) is 127 cm³/mol. The number of thiophene rings is 1. The van der Waals surface area contributed by atoms with E-state index in [-0.39, 0.29) is 16.5 Å². The van der Waals surface area contributed by atoms with Gasteiger partial charge in [0.1, 0.15) is 15.4 Å². The maximum Gasteiger partial charge on any atom is 0.304 e. The molecule has 194 valence electrons. The van der Waals surface area contributed by atoms with Crippen LogP contribution in [0.4, 0.5) is 8.78 Å². The number of sulfonamides is 1. The lowest BCUT2D eigenvalue weighted by Gasteiger charge is -2.24. The van der Waals surface area contributed by atoms with Gasteiger partial charge in [0.15, 0.2) is 0 Å². The van der Waals surface area contributed by atoms with Crippen LogP contribution in [-0.2, 0) is 30.3 Å². The lowest BCUT2D eigenvalue weighted by Crippen LogP contribution is -2.51. The average Bonchev–Trinajstić information content (AvgIpc) is 3.26. The number of hydrogen-bond donors (Lipinski definition) is 1. The molecule has 1 aromatic carbocycles. The molecule has 1 saturated carbocycles. The van der Waals surface area contributed by atoms with Crippen molar-refractivity contribution in [3.05, 3.63) is 59.9 Å². The summed E-state index contributed by atoms with van der Waals surface area (Å²) in [5.74, 6) is -5.45. The molecule has 1 aliphatic carbocycles. The van der Waals surface area contributed by atoms with Crippen LogP contribution in [0.1, 0.15) is 24.2 Å². The van der Waals surface area contributed by atoms with Crippen LogP contribution in [0, 0.1) is 5.92 Å². The Hall–Kier alpha value is -2.71. The molecule has 2 aromatic heterocycles. The van der Waals surface area contributed by atoms with Gasteiger partial charge in [-0.3, -0.25) is 9.63 Å². The van der Waals surface area contributed by atoms with Gasteiger partial charge in [-0.1, -0.05) is 35.5 Å². The van der Waals surface area contributed by atoms with Crippen LogP contribution < -0.4 is 4.72 Å². The Bertz CT molecular complexity index is 1340. The lowest BCUT2D eigenvalue weighted by atomic mass is 10.1. The number of halogens is 2. The van der Waals surface area contributed by atoms with Crippen LogP contribution in [0.2, 0.25) is 0 Å². The first kappa shape index (κ1) is 26.4. The molecular formula is C23H25F2N3O6S2. The molecule has 3 atom stereocenters. The summed E-state index contributed by atoms with van der Waals surface area (Å²) in [7, 11) is -0.0571. The van der Waals surface area contributed by atoms with E-state index in [4.69, 9.17) is 14.1 Å². The molecule has 1 N–H and O–H groups in total. The van der Waals surface area contributed by atoms with Gasteiger partial charge in [-0.2, -0.15) is 13.5 Å². The summed E-state index contributed by atoms with van der Waals surface area (Å²) in [4.78, 5) is 18.9. The van der Waals surface area contributed by atoms with E-state index in [1.54, 1.807) is 12.1 Å². The second-order valence-electron chi connectivity index (χ2n) is 8.49. The summed E-state index contributed by atoms with van der Waals surface area (Å²) in [5, 5.41) is 4.61. The molecular weight excluding hydrogens is 516 g/mol. The average molecular weight is 542 g/mol. The number of carbonyl (C=O) groups is 1. The molecule has 3 aromatic rings. The highest BCUT2D eigenvalue weighted by Gasteiger charge is 2.72. The van der Waals surface area contributed by atoms with E-state index in [2.05, 4.69) is 9.88 Å². The third-order valence-electron chi connectivity index (χ3n) is 6.13. The topological polar surface area (TPSA) is 111 Å². The zero-order valence-electron chi connectivity index (χ0n) is 19.9. The van der Waals surface area contributed by atoms with Crippen molar-refractivity contribution < 1.29 is 36.1 Å². The van der Waals surface area contributed by atoms with Gasteiger partial charge < -0.3 is 9.26 Å². The number of rotatable bonds is 10. The Kier molecular flexibility index (Phi) is 7.05. The first-order valence-corrected chi connectivity index (χ1v) is 13.1. The van der Waals surface area contributed by atoms with Gasteiger partial charge >= 0.3 is 5.92 Å². The number of amides is 1. The normalized spacial score (nSPS) is 21.9. The highest BCUT2D eigenvalue weighted by atomic mass is 32.2. The molecule has 0 bridgehead atoms. The van der Waals surface area contributed by atoms with E-state index < -0.39 is 45.0 Å². The Balaban J connectivity index is 1.70. The Morgan fingerprint density at radius 2 is 1.94 bits per heavy atom. The fraction of sp³-hybridized carbons (Fsp3) is 0.391. The summed E-state index contributed by atoms with van der Waals surface area (Å²) >= 11 is 0.818. The van der Waals surface area contributed by atoms with E-state index in [9.17, 15) is 22.0 Å². The first-order valence-electron chi connectivity index (χ1n) is 10.8. The highest BCUT2D eigenvalue weighted by Crippen LogP contribution is 2.59. The molecule has 0 saturated heterocycles. The predicted octanol–water partition coefficient (Wildman–Crippen LogP) is 3.61. The smallest absolute Gasteiger partial charge is 0.304 e. The van der Waals surface area contributed by atoms with Gasteiger partial charge in [-0.25, -0.2) is 13.5 Å². The van der Waals surface area contributed by atoms with Crippen LogP contribution >= 0.6 is 11.3 Å². The molecule has 1 aliphatic rings. The summed E-state index contributed by atoms with van der Waals surface area (Å²) in [6, 6.07) is 12.9. The number of aromatic nitrogens is 1. The second kappa shape index (κ2) is 9.63. The van der Waals surface area contributed by atoms with Crippen molar-refractivity contribution in [1.29, 1.82) is 0 Å². The van der Waals surface area contributed by atoms with E-state index in [0.717, 1.165) is 28.0 Å². The summed E-state index contributed by atoms with van der Waals surface area (Å²) in [5.41, 5.74) is -0.715. The van der Waals surface area contributed by atoms with Gasteiger partial charge in [0.05, 0.1) is 18.6 Å². The SMILES string of the molecule is COCC1C(c2ccccc2)C1(NS(=O)(=O)c1ccc(-c2cc(C(C)(F)F)on2)s1)C(=O)N(C)OC. The van der Waals surface area contributed by atoms with Gasteiger partial charge in [-0.05, 0) is 17.7 Å². The fourth-order valence-electron chi connectivity index (χ4n) is 4.31. The van der Waals surface area contributed by atoms with Gasteiger partial charge in [0.2, 0.25) is 5.76 Å². The van der Waals surface area contributed by atoms with Crippen molar-refractivity contribution in [1.82, 2.24) is 14.9 Å². The molecule has 0 spiro atoms. The second-order valence-corrected chi connectivity index (χ2v) is 11.5. The molecule has 4 rings (SSSR count). The fourth-order valence-corrected chi connectivity index (χ4v) is 6.99. The van der Waals surface area contributed by atoms with Crippen molar-refractivity contribution in [2.75, 3.05) is 27.9 Å². The third kappa shape index (κ3) is 4.68. The van der Waals surface area contributed by atoms with Crippen LogP contribution in [0.3, 0.4) is 0 Å². The molecule has 0 radical (unpaired) electrons. The number of benzene rings is 1. The first-order chi connectivity index (χ1) is 17.0. The number of methoxy groups -OCH3 is 1. The number of hydroxylamine groups is 2. The Labute approximate surface area is 211 Å². The summed E-state index contributed by atoms with van der Waals surface area (Å²) in [6.07, 6.45) is 0. The highest BCUT2D eigenvalue weighted by molar-refractivity contribution is 7.91. The van der Waals surface area contributed by atoms with Gasteiger partial charge in [0.25, 0.3) is 15.9 Å². The number of nitrogens with zero attached hydrogens (tertiary/aromatic N) is 2. The van der Waals surface area contributed by atoms with E-state index >= 15 is 0 Å². The van der Waals surface area contributed by atoms with Crippen molar-refractivity contribution in [2.24, 2.45) is 5.92 Å². The molecule has 0 aliphatic heterocycles. The Morgan fingerprint density at radius 1 is 1.25 bits per heavy atom. The number of carbonyl (C=O) groups excluding carboxylic acids is 1. The zero-order valence-corrected chi connectivity index (χ0v) is 21.5. The van der Waals surface area contributed by atoms with Crippen LogP contribution in [0.25, 0.3) is 10.6 Å². The Morgan fingerprint density at radius 3 is 2.53 bits per heavy atom. The number of alkyl halides is 2. The van der Waals surface area contributed by atoms with Crippen LogP contribution in [0.5, 0.6) is 0 Å². The minimum absolute atomic E-state index is 0.0775. The number of nitrogens with one attached hydrogen (secondary N) is 1. The van der Waals surface area contributed by atoms with Crippen LogP contribution in [-0.4, -0.2) is 58.0 Å². The molecule has 3 unspecified atom stereocenters. The van der Waals surface area contributed by atoms with Gasteiger partial charge in [-0.15, -0.1) is 11.3 Å². The molecule has 1 fully saturated rings. The maximum absolute atomic E-state index is 13.5. The van der Waals surface area contributed by atoms with Gasteiger partial charge in [0, 0.05) is 39.0 Å². The standard InChI is InChI=1S/C23H25F2N3O6S2/c1-22(24,25)18-12-16(26-34-18)17-10-11-19(35-17)36(30,31)27-23(21(29)28(2)33-4)15(13-32-3)20(23)14-8-6-5-7-9-14/h5-12,15,20,27H,13H2,1-4H3. The summed E-state index contributed by atoms with van der Waals surface area (Å²) in [6.45, 7) is 0.794. The number of ether oxygens (including phenoxy) is 1. The molecule has 2 heterocycles. The molecule has 36 heavy (non-hydrogen) atoms. The molecule has 1 amide bonds. The minimum atomic E-state index is -4.24. The van der Waals surface area contributed by atoms with Crippen molar-refractivity contribution in [3.8, 4) is 10.6 Å². The van der Waals surface area contributed by atoms with Crippen molar-refractivity contribution >= 4 is 27.3 Å². The largest absolute Gasteiger partial charge is 0.384 e. The molecule has 9 nitrogen and oxygen atoms in total. The lowest BCUT2D eigenvalue weighted by molar-refractivity contribution is -0.172. The van der Waals surface area contributed by atoms with E-state index in [1.807, 2.05) is 18.2 Å². The summed E-state index contributed by atoms with van der Waals surface area (Å²) < 4.78 is 66.6.